The number of aromatic nitrogens is 2. The third-order valence-electron chi connectivity index (χ3n) is 6.63. The first-order chi connectivity index (χ1) is 16.4. The molecule has 1 aromatic heterocycles. The number of aromatic amines is 1. The Hall–Kier alpha value is -3.24. The first-order valence-corrected chi connectivity index (χ1v) is 13.0. The van der Waals surface area contributed by atoms with Crippen LogP contribution in [-0.2, 0) is 27.8 Å². The average Bonchev–Trinajstić information content (AvgIpc) is 3.29. The van der Waals surface area contributed by atoms with Crippen LogP contribution in [-0.4, -0.2) is 48.0 Å². The van der Waals surface area contributed by atoms with E-state index in [0.29, 0.717) is 42.5 Å². The standard InChI is InChI=1S/C24H26N4O5S/c29-22(11-15-28-24(31)20-7-3-2-6-19(20)23(30)25-28)27-14-10-17-16-18(8-9-21(17)27)34(32,33)26-12-4-1-5-13-26/h2-3,6-9,16H,1,4-5,10-15H2,(H,25,30). The molecule has 0 saturated carbocycles. The highest BCUT2D eigenvalue weighted by Crippen LogP contribution is 2.32. The number of benzene rings is 2. The zero-order valence-electron chi connectivity index (χ0n) is 18.7. The molecule has 1 N–H and O–H groups in total. The number of carbonyl (C=O) groups is 1. The van der Waals surface area contributed by atoms with E-state index in [9.17, 15) is 22.8 Å². The Morgan fingerprint density at radius 2 is 1.68 bits per heavy atom. The van der Waals surface area contributed by atoms with Crippen molar-refractivity contribution in [1.82, 2.24) is 14.1 Å². The number of H-pyrrole nitrogens is 1. The molecule has 10 heteroatoms. The predicted molar refractivity (Wildman–Crippen MR) is 129 cm³/mol. The molecule has 3 heterocycles. The summed E-state index contributed by atoms with van der Waals surface area (Å²) in [6, 6.07) is 11.5. The zero-order valence-corrected chi connectivity index (χ0v) is 19.5. The molecule has 1 saturated heterocycles. The van der Waals surface area contributed by atoms with Crippen LogP contribution in [0.5, 0.6) is 0 Å². The molecule has 1 amide bonds. The summed E-state index contributed by atoms with van der Waals surface area (Å²) in [6.07, 6.45) is 3.39. The van der Waals surface area contributed by atoms with Crippen LogP contribution in [0.1, 0.15) is 31.2 Å². The minimum absolute atomic E-state index is 0.0292. The molecule has 1 fully saturated rings. The van der Waals surface area contributed by atoms with Crippen LogP contribution >= 0.6 is 0 Å². The maximum atomic E-state index is 13.0. The summed E-state index contributed by atoms with van der Waals surface area (Å²) in [7, 11) is -3.54. The molecule has 2 aliphatic heterocycles. The van der Waals surface area contributed by atoms with Crippen molar-refractivity contribution in [3.63, 3.8) is 0 Å². The number of nitrogens with zero attached hydrogens (tertiary/aromatic N) is 3. The van der Waals surface area contributed by atoms with Gasteiger partial charge >= 0.3 is 0 Å². The molecule has 178 valence electrons. The summed E-state index contributed by atoms with van der Waals surface area (Å²) in [4.78, 5) is 39.8. The molecule has 3 aromatic rings. The summed E-state index contributed by atoms with van der Waals surface area (Å²) in [5.74, 6) is -0.189. The van der Waals surface area contributed by atoms with Gasteiger partial charge in [-0.3, -0.25) is 19.5 Å². The largest absolute Gasteiger partial charge is 0.312 e. The number of piperidine rings is 1. The van der Waals surface area contributed by atoms with Gasteiger partial charge in [0.1, 0.15) is 0 Å². The number of aryl methyl sites for hydroxylation is 1. The van der Waals surface area contributed by atoms with E-state index in [-0.39, 0.29) is 34.9 Å². The van der Waals surface area contributed by atoms with E-state index in [2.05, 4.69) is 5.10 Å². The van der Waals surface area contributed by atoms with Crippen molar-refractivity contribution < 1.29 is 13.2 Å². The predicted octanol–water partition coefficient (Wildman–Crippen LogP) is 1.84. The fourth-order valence-electron chi connectivity index (χ4n) is 4.80. The van der Waals surface area contributed by atoms with Crippen LogP contribution in [0.3, 0.4) is 0 Å². The number of amides is 1. The molecule has 0 spiro atoms. The number of sulfonamides is 1. The van der Waals surface area contributed by atoms with E-state index in [1.165, 1.54) is 8.99 Å². The van der Waals surface area contributed by atoms with Gasteiger partial charge in [-0.2, -0.15) is 4.31 Å². The molecule has 5 rings (SSSR count). The lowest BCUT2D eigenvalue weighted by atomic mass is 10.2. The van der Waals surface area contributed by atoms with Gasteiger partial charge in [0.05, 0.1) is 22.2 Å². The topological polar surface area (TPSA) is 113 Å². The second-order valence-corrected chi connectivity index (χ2v) is 10.7. The summed E-state index contributed by atoms with van der Waals surface area (Å²) in [5, 5.41) is 3.18. The van der Waals surface area contributed by atoms with E-state index in [0.717, 1.165) is 24.8 Å². The second kappa shape index (κ2) is 8.84. The molecular formula is C24H26N4O5S. The number of anilines is 1. The molecule has 0 atom stereocenters. The molecule has 9 nitrogen and oxygen atoms in total. The van der Waals surface area contributed by atoms with Crippen molar-refractivity contribution in [2.24, 2.45) is 0 Å². The number of carbonyl (C=O) groups excluding carboxylic acids is 1. The number of hydrogen-bond acceptors (Lipinski definition) is 5. The fraction of sp³-hybridized carbons (Fsp3) is 0.375. The SMILES string of the molecule is O=C(CCn1[nH]c(=O)c2ccccc2c1=O)N1CCc2cc(S(=O)(=O)N3CCCCC3)ccc21. The maximum Gasteiger partial charge on any atom is 0.273 e. The molecule has 0 radical (unpaired) electrons. The Morgan fingerprint density at radius 3 is 2.44 bits per heavy atom. The number of hydrogen-bond donors (Lipinski definition) is 1. The van der Waals surface area contributed by atoms with Crippen molar-refractivity contribution in [3.05, 3.63) is 68.7 Å². The Bertz CT molecular complexity index is 1490. The summed E-state index contributed by atoms with van der Waals surface area (Å²) >= 11 is 0. The molecule has 0 bridgehead atoms. The van der Waals surface area contributed by atoms with Crippen molar-refractivity contribution >= 4 is 32.4 Å². The maximum absolute atomic E-state index is 13.0. The summed E-state index contributed by atoms with van der Waals surface area (Å²) < 4.78 is 28.7. The van der Waals surface area contributed by atoms with E-state index in [4.69, 9.17) is 0 Å². The van der Waals surface area contributed by atoms with E-state index in [1.807, 2.05) is 0 Å². The second-order valence-electron chi connectivity index (χ2n) is 8.74. The highest BCUT2D eigenvalue weighted by Gasteiger charge is 2.30. The van der Waals surface area contributed by atoms with E-state index >= 15 is 0 Å². The van der Waals surface area contributed by atoms with E-state index in [1.54, 1.807) is 47.4 Å². The van der Waals surface area contributed by atoms with Gasteiger partial charge in [0.2, 0.25) is 15.9 Å². The van der Waals surface area contributed by atoms with Gasteiger partial charge in [-0.1, -0.05) is 18.6 Å². The van der Waals surface area contributed by atoms with Crippen LogP contribution in [0.2, 0.25) is 0 Å². The quantitative estimate of drug-likeness (QED) is 0.596. The van der Waals surface area contributed by atoms with Crippen molar-refractivity contribution in [3.8, 4) is 0 Å². The Morgan fingerprint density at radius 1 is 0.941 bits per heavy atom. The van der Waals surface area contributed by atoms with Gasteiger partial charge < -0.3 is 4.90 Å². The third-order valence-corrected chi connectivity index (χ3v) is 8.53. The van der Waals surface area contributed by atoms with E-state index < -0.39 is 10.0 Å². The summed E-state index contributed by atoms with van der Waals surface area (Å²) in [6.45, 7) is 1.58. The lowest BCUT2D eigenvalue weighted by molar-refractivity contribution is -0.118. The monoisotopic (exact) mass is 482 g/mol. The van der Waals surface area contributed by atoms with Gasteiger partial charge in [0.25, 0.3) is 11.1 Å². The lowest BCUT2D eigenvalue weighted by Gasteiger charge is -2.26. The highest BCUT2D eigenvalue weighted by atomic mass is 32.2. The van der Waals surface area contributed by atoms with Gasteiger partial charge in [0, 0.05) is 31.7 Å². The highest BCUT2D eigenvalue weighted by molar-refractivity contribution is 7.89. The molecule has 34 heavy (non-hydrogen) atoms. The van der Waals surface area contributed by atoms with Crippen LogP contribution in [0.25, 0.3) is 10.8 Å². The van der Waals surface area contributed by atoms with Gasteiger partial charge in [-0.15, -0.1) is 0 Å². The van der Waals surface area contributed by atoms with Crippen molar-refractivity contribution in [2.45, 2.75) is 43.5 Å². The Labute approximate surface area is 196 Å². The summed E-state index contributed by atoms with van der Waals surface area (Å²) in [5.41, 5.74) is 0.790. The third kappa shape index (κ3) is 3.97. The zero-order chi connectivity index (χ0) is 23.9. The van der Waals surface area contributed by atoms with Gasteiger partial charge in [-0.05, 0) is 55.2 Å². The average molecular weight is 483 g/mol. The number of fused-ring (bicyclic) bond motifs is 2. The molecule has 0 aliphatic carbocycles. The van der Waals surface area contributed by atoms with Crippen LogP contribution in [0.15, 0.2) is 56.9 Å². The van der Waals surface area contributed by atoms with Crippen LogP contribution in [0.4, 0.5) is 5.69 Å². The smallest absolute Gasteiger partial charge is 0.273 e. The Balaban J connectivity index is 1.33. The first kappa shape index (κ1) is 22.5. The fourth-order valence-corrected chi connectivity index (χ4v) is 6.37. The van der Waals surface area contributed by atoms with Crippen molar-refractivity contribution in [1.29, 1.82) is 0 Å². The Kier molecular flexibility index (Phi) is 5.86. The van der Waals surface area contributed by atoms with Crippen molar-refractivity contribution in [2.75, 3.05) is 24.5 Å². The minimum Gasteiger partial charge on any atom is -0.312 e. The number of rotatable bonds is 5. The first-order valence-electron chi connectivity index (χ1n) is 11.5. The lowest BCUT2D eigenvalue weighted by Crippen LogP contribution is -2.35. The number of nitrogens with one attached hydrogen (secondary N) is 1. The normalized spacial score (nSPS) is 16.6. The minimum atomic E-state index is -3.54. The van der Waals surface area contributed by atoms with Crippen LogP contribution < -0.4 is 16.0 Å². The molecule has 0 unspecified atom stereocenters. The van der Waals surface area contributed by atoms with Gasteiger partial charge in [-0.25, -0.2) is 13.1 Å². The molecule has 2 aliphatic rings. The molecule has 2 aromatic carbocycles. The van der Waals surface area contributed by atoms with Crippen LogP contribution in [0, 0.1) is 0 Å². The van der Waals surface area contributed by atoms with Gasteiger partial charge in [0.15, 0.2) is 0 Å². The molecular weight excluding hydrogens is 456 g/mol.